The second-order valence-corrected chi connectivity index (χ2v) is 7.35. The van der Waals surface area contributed by atoms with Crippen LogP contribution in [0.5, 0.6) is 0 Å². The van der Waals surface area contributed by atoms with Crippen LogP contribution in [0.25, 0.3) is 0 Å². The third-order valence-electron chi connectivity index (χ3n) is 4.43. The van der Waals surface area contributed by atoms with Gasteiger partial charge in [-0.3, -0.25) is 0 Å². The Labute approximate surface area is 147 Å². The van der Waals surface area contributed by atoms with Crippen LogP contribution in [0.4, 0.5) is 0 Å². The topological polar surface area (TPSA) is 24.8 Å². The molecule has 0 radical (unpaired) electrons. The van der Waals surface area contributed by atoms with Crippen molar-refractivity contribution in [2.45, 2.75) is 47.0 Å². The van der Waals surface area contributed by atoms with Crippen molar-refractivity contribution in [2.24, 2.45) is 16.8 Å². The Kier molecular flexibility index (Phi) is 10.4. The van der Waals surface area contributed by atoms with Crippen molar-refractivity contribution >= 4 is 18.5 Å². The maximum Gasteiger partial charge on any atom is 0.137 e. The molecule has 1 rings (SSSR count). The number of hydrogen-bond acceptors (Lipinski definition) is 4. The number of allylic oxidation sites excluding steroid dienone is 3. The minimum atomic E-state index is 0.693. The van der Waals surface area contributed by atoms with Crippen LogP contribution in [0.3, 0.4) is 0 Å². The zero-order valence-corrected chi connectivity index (χ0v) is 16.2. The Morgan fingerprint density at radius 1 is 1.22 bits per heavy atom. The first-order chi connectivity index (χ1) is 11.1. The lowest BCUT2D eigenvalue weighted by Crippen LogP contribution is -2.35. The number of aliphatic imine (C=N–C) groups is 1. The van der Waals surface area contributed by atoms with E-state index in [1.807, 2.05) is 11.8 Å². The number of thioether (sulfide) groups is 1. The summed E-state index contributed by atoms with van der Waals surface area (Å²) >= 11 is 1.96. The zero-order valence-electron chi connectivity index (χ0n) is 15.4. The lowest BCUT2D eigenvalue weighted by molar-refractivity contribution is 0.0529. The molecule has 0 aromatic rings. The van der Waals surface area contributed by atoms with Crippen molar-refractivity contribution in [1.29, 1.82) is 0 Å². The molecule has 1 unspecified atom stereocenters. The Morgan fingerprint density at radius 2 is 1.91 bits per heavy atom. The molecule has 1 fully saturated rings. The molecule has 4 heteroatoms. The number of rotatable bonds is 10. The average Bonchev–Trinajstić information content (AvgIpc) is 2.59. The molecule has 3 nitrogen and oxygen atoms in total. The van der Waals surface area contributed by atoms with Crippen molar-refractivity contribution in [1.82, 2.24) is 4.90 Å². The van der Waals surface area contributed by atoms with Crippen LogP contribution in [0.15, 0.2) is 27.9 Å². The van der Waals surface area contributed by atoms with Gasteiger partial charge in [-0.2, -0.15) is 0 Å². The largest absolute Gasteiger partial charge is 0.378 e. The Balaban J connectivity index is 2.60. The molecule has 23 heavy (non-hydrogen) atoms. The predicted octanol–water partition coefficient (Wildman–Crippen LogP) is 4.96. The predicted molar refractivity (Wildman–Crippen MR) is 104 cm³/mol. The van der Waals surface area contributed by atoms with E-state index in [2.05, 4.69) is 56.5 Å². The highest BCUT2D eigenvalue weighted by Gasteiger charge is 2.18. The molecule has 0 spiro atoms. The number of morpholine rings is 1. The molecular formula is C19H34N2OS. The Hall–Kier alpha value is -0.740. The van der Waals surface area contributed by atoms with E-state index in [0.717, 1.165) is 50.7 Å². The molecule has 132 valence electrons. The molecule has 1 saturated heterocycles. The van der Waals surface area contributed by atoms with E-state index in [0.29, 0.717) is 11.8 Å². The third kappa shape index (κ3) is 7.13. The van der Waals surface area contributed by atoms with Crippen LogP contribution in [0.2, 0.25) is 0 Å². The lowest BCUT2D eigenvalue weighted by atomic mass is 9.94. The summed E-state index contributed by atoms with van der Waals surface area (Å²) in [6.07, 6.45) is 7.93. The van der Waals surface area contributed by atoms with Gasteiger partial charge in [0.25, 0.3) is 0 Å². The first kappa shape index (κ1) is 20.3. The van der Waals surface area contributed by atoms with Gasteiger partial charge in [0.2, 0.25) is 0 Å². The summed E-state index contributed by atoms with van der Waals surface area (Å²) in [5.41, 5.74) is 0. The average molecular weight is 339 g/mol. The fourth-order valence-electron chi connectivity index (χ4n) is 2.57. The van der Waals surface area contributed by atoms with E-state index in [4.69, 9.17) is 4.74 Å². The Bertz CT molecular complexity index is 400. The monoisotopic (exact) mass is 338 g/mol. The van der Waals surface area contributed by atoms with Gasteiger partial charge in [0.1, 0.15) is 5.82 Å². The molecular weight excluding hydrogens is 304 g/mol. The van der Waals surface area contributed by atoms with Crippen LogP contribution < -0.4 is 0 Å². The minimum Gasteiger partial charge on any atom is -0.378 e. The van der Waals surface area contributed by atoms with Crippen molar-refractivity contribution < 1.29 is 4.74 Å². The second-order valence-electron chi connectivity index (χ2n) is 6.24. The molecule has 0 bridgehead atoms. The summed E-state index contributed by atoms with van der Waals surface area (Å²) < 4.78 is 5.44. The van der Waals surface area contributed by atoms with E-state index >= 15 is 0 Å². The summed E-state index contributed by atoms with van der Waals surface area (Å²) in [7, 11) is 0. The molecule has 0 amide bonds. The Morgan fingerprint density at radius 3 is 2.48 bits per heavy atom. The van der Waals surface area contributed by atoms with Gasteiger partial charge in [-0.1, -0.05) is 39.8 Å². The molecule has 0 aliphatic carbocycles. The van der Waals surface area contributed by atoms with Crippen molar-refractivity contribution in [3.05, 3.63) is 22.9 Å². The summed E-state index contributed by atoms with van der Waals surface area (Å²) in [4.78, 5) is 8.02. The highest BCUT2D eigenvalue weighted by Crippen LogP contribution is 2.30. The van der Waals surface area contributed by atoms with Crippen molar-refractivity contribution in [3.63, 3.8) is 0 Å². The molecule has 1 heterocycles. The summed E-state index contributed by atoms with van der Waals surface area (Å²) in [5, 5.41) is 0. The first-order valence-electron chi connectivity index (χ1n) is 8.94. The van der Waals surface area contributed by atoms with Crippen LogP contribution >= 0.6 is 11.8 Å². The van der Waals surface area contributed by atoms with Gasteiger partial charge < -0.3 is 9.64 Å². The van der Waals surface area contributed by atoms with Crippen LogP contribution in [-0.2, 0) is 4.74 Å². The van der Waals surface area contributed by atoms with Crippen LogP contribution in [-0.4, -0.2) is 43.7 Å². The molecule has 1 aliphatic heterocycles. The smallest absolute Gasteiger partial charge is 0.137 e. The van der Waals surface area contributed by atoms with E-state index < -0.39 is 0 Å². The maximum atomic E-state index is 5.44. The van der Waals surface area contributed by atoms with Gasteiger partial charge in [0, 0.05) is 23.7 Å². The highest BCUT2D eigenvalue weighted by atomic mass is 32.2. The fourth-order valence-corrected chi connectivity index (χ4v) is 3.89. The maximum absolute atomic E-state index is 5.44. The van der Waals surface area contributed by atoms with E-state index in [-0.39, 0.29) is 0 Å². The van der Waals surface area contributed by atoms with Crippen molar-refractivity contribution in [2.75, 3.05) is 32.1 Å². The number of hydrogen-bond donors (Lipinski definition) is 0. The molecule has 0 N–H and O–H groups in total. The van der Waals surface area contributed by atoms with Gasteiger partial charge in [-0.15, -0.1) is 11.8 Å². The second kappa shape index (κ2) is 11.7. The zero-order chi connectivity index (χ0) is 17.1. The first-order valence-corrected chi connectivity index (χ1v) is 9.92. The molecule has 2 atom stereocenters. The summed E-state index contributed by atoms with van der Waals surface area (Å²) in [6.45, 7) is 16.4. The SMILES string of the molecule is C=N/C(=C(\CC)SCC(C)[C@H](C)C/C=C\CC)N1CCOCC1. The molecule has 1 aliphatic rings. The molecule has 0 saturated carbocycles. The van der Waals surface area contributed by atoms with E-state index in [9.17, 15) is 0 Å². The normalized spacial score (nSPS) is 19.6. The van der Waals surface area contributed by atoms with Crippen LogP contribution in [0.1, 0.15) is 47.0 Å². The quantitative estimate of drug-likeness (QED) is 0.416. The number of nitrogens with zero attached hydrogens (tertiary/aromatic N) is 2. The fraction of sp³-hybridized carbons (Fsp3) is 0.737. The highest BCUT2D eigenvalue weighted by molar-refractivity contribution is 8.03. The summed E-state index contributed by atoms with van der Waals surface area (Å²) in [5.74, 6) is 3.63. The molecule has 0 aromatic carbocycles. The molecule has 0 aromatic heterocycles. The van der Waals surface area contributed by atoms with Crippen molar-refractivity contribution in [3.8, 4) is 0 Å². The van der Waals surface area contributed by atoms with Gasteiger partial charge >= 0.3 is 0 Å². The minimum absolute atomic E-state index is 0.693. The van der Waals surface area contributed by atoms with Gasteiger partial charge in [0.15, 0.2) is 0 Å². The third-order valence-corrected chi connectivity index (χ3v) is 5.95. The summed E-state index contributed by atoms with van der Waals surface area (Å²) in [6, 6.07) is 0. The van der Waals surface area contributed by atoms with E-state index in [1.165, 1.54) is 11.3 Å². The van der Waals surface area contributed by atoms with E-state index in [1.54, 1.807) is 0 Å². The lowest BCUT2D eigenvalue weighted by Gasteiger charge is -2.30. The van der Waals surface area contributed by atoms with Gasteiger partial charge in [-0.25, -0.2) is 4.99 Å². The van der Waals surface area contributed by atoms with Gasteiger partial charge in [0.05, 0.1) is 13.2 Å². The standard InChI is InChI=1S/C19H34N2OS/c1-6-8-9-10-16(3)17(4)15-23-18(7-2)19(20-5)21-11-13-22-14-12-21/h8-9,16-17H,5-7,10-15H2,1-4H3/b9-8-,19-18-/t16-,17?/m1/s1. The van der Waals surface area contributed by atoms with Crippen LogP contribution in [0, 0.1) is 11.8 Å². The van der Waals surface area contributed by atoms with Gasteiger partial charge in [-0.05, 0) is 37.8 Å². The number of ether oxygens (including phenoxy) is 1.